The topological polar surface area (TPSA) is 88.7 Å². The number of hydrogen-bond donors (Lipinski definition) is 1. The Morgan fingerprint density at radius 3 is 2.48 bits per heavy atom. The molecular weight excluding hydrogens is 394 g/mol. The number of fused-ring (bicyclic) bond motifs is 2. The van der Waals surface area contributed by atoms with Crippen molar-refractivity contribution in [3.63, 3.8) is 0 Å². The lowest BCUT2D eigenvalue weighted by molar-refractivity contribution is -0.122. The molecule has 0 fully saturated rings. The molecule has 0 radical (unpaired) electrons. The van der Waals surface area contributed by atoms with Gasteiger partial charge in [-0.15, -0.1) is 0 Å². The van der Waals surface area contributed by atoms with Crippen molar-refractivity contribution in [2.45, 2.75) is 46.8 Å². The van der Waals surface area contributed by atoms with E-state index >= 15 is 0 Å². The van der Waals surface area contributed by atoms with Gasteiger partial charge in [0.2, 0.25) is 5.91 Å². The zero-order valence-corrected chi connectivity index (χ0v) is 18.3. The Morgan fingerprint density at radius 2 is 1.84 bits per heavy atom. The number of amides is 2. The Bertz CT molecular complexity index is 1210. The van der Waals surface area contributed by atoms with Crippen molar-refractivity contribution in [3.05, 3.63) is 58.0 Å². The summed E-state index contributed by atoms with van der Waals surface area (Å²) in [6, 6.07) is 11.2. The first-order valence-electron chi connectivity index (χ1n) is 10.6. The van der Waals surface area contributed by atoms with Gasteiger partial charge in [-0.05, 0) is 19.8 Å². The van der Waals surface area contributed by atoms with Crippen molar-refractivity contribution in [2.24, 2.45) is 5.92 Å². The summed E-state index contributed by atoms with van der Waals surface area (Å²) in [5.74, 6) is -0.178. The van der Waals surface area contributed by atoms with Gasteiger partial charge in [0.25, 0.3) is 11.5 Å². The van der Waals surface area contributed by atoms with Gasteiger partial charge in [-0.1, -0.05) is 44.2 Å². The average Bonchev–Trinajstić information content (AvgIpc) is 3.28. The summed E-state index contributed by atoms with van der Waals surface area (Å²) in [5.41, 5.74) is 2.27. The van der Waals surface area contributed by atoms with Crippen molar-refractivity contribution in [3.8, 4) is 11.3 Å². The normalized spacial score (nSPS) is 13.5. The fourth-order valence-electron chi connectivity index (χ4n) is 4.03. The third kappa shape index (κ3) is 3.85. The Labute approximate surface area is 180 Å². The third-order valence-corrected chi connectivity index (χ3v) is 5.22. The maximum Gasteiger partial charge on any atom is 0.280 e. The lowest BCUT2D eigenvalue weighted by Gasteiger charge is -2.18. The van der Waals surface area contributed by atoms with Crippen LogP contribution in [0.15, 0.2) is 41.2 Å². The van der Waals surface area contributed by atoms with Crippen LogP contribution in [0.1, 0.15) is 43.7 Å². The first-order valence-corrected chi connectivity index (χ1v) is 10.6. The number of carbonyl (C=O) groups is 2. The van der Waals surface area contributed by atoms with Crippen molar-refractivity contribution >= 4 is 17.5 Å². The van der Waals surface area contributed by atoms with Gasteiger partial charge in [0.05, 0.1) is 17.8 Å². The fourth-order valence-corrected chi connectivity index (χ4v) is 4.03. The van der Waals surface area contributed by atoms with Crippen LogP contribution < -0.4 is 10.9 Å². The van der Waals surface area contributed by atoms with Crippen molar-refractivity contribution in [1.29, 1.82) is 0 Å². The van der Waals surface area contributed by atoms with Crippen LogP contribution >= 0.6 is 0 Å². The summed E-state index contributed by atoms with van der Waals surface area (Å²) < 4.78 is 2.95. The molecule has 1 aliphatic heterocycles. The Morgan fingerprint density at radius 1 is 1.13 bits per heavy atom. The van der Waals surface area contributed by atoms with Crippen LogP contribution in [0.5, 0.6) is 0 Å². The van der Waals surface area contributed by atoms with E-state index in [1.165, 1.54) is 4.52 Å². The van der Waals surface area contributed by atoms with Crippen molar-refractivity contribution < 1.29 is 9.59 Å². The minimum absolute atomic E-state index is 0.0334. The quantitative estimate of drug-likeness (QED) is 0.661. The van der Waals surface area contributed by atoms with Gasteiger partial charge in [0.1, 0.15) is 17.9 Å². The first-order chi connectivity index (χ1) is 14.8. The van der Waals surface area contributed by atoms with Crippen molar-refractivity contribution in [1.82, 2.24) is 24.4 Å². The van der Waals surface area contributed by atoms with E-state index in [9.17, 15) is 14.4 Å². The maximum atomic E-state index is 13.3. The predicted molar refractivity (Wildman–Crippen MR) is 118 cm³/mol. The molecule has 0 atom stereocenters. The Kier molecular flexibility index (Phi) is 5.39. The molecule has 0 saturated carbocycles. The molecule has 1 aliphatic rings. The van der Waals surface area contributed by atoms with E-state index in [1.807, 2.05) is 58.0 Å². The van der Waals surface area contributed by atoms with Gasteiger partial charge in [0, 0.05) is 24.2 Å². The lowest BCUT2D eigenvalue weighted by atomic mass is 10.1. The lowest BCUT2D eigenvalue weighted by Crippen LogP contribution is -2.36. The number of hydrogen-bond acceptors (Lipinski definition) is 4. The van der Waals surface area contributed by atoms with Gasteiger partial charge in [-0.25, -0.2) is 0 Å². The number of carbonyl (C=O) groups excluding carboxylic acids is 2. The van der Waals surface area contributed by atoms with E-state index in [1.54, 1.807) is 15.5 Å². The van der Waals surface area contributed by atoms with Crippen LogP contribution in [0.25, 0.3) is 16.9 Å². The second-order valence-corrected chi connectivity index (χ2v) is 8.69. The molecule has 31 heavy (non-hydrogen) atoms. The molecule has 2 amide bonds. The molecule has 3 aromatic rings. The Hall–Kier alpha value is -3.42. The molecule has 0 saturated heterocycles. The molecule has 8 heteroatoms. The molecule has 0 unspecified atom stereocenters. The molecule has 1 N–H and O–H groups in total. The summed E-state index contributed by atoms with van der Waals surface area (Å²) >= 11 is 0. The average molecular weight is 422 g/mol. The van der Waals surface area contributed by atoms with Gasteiger partial charge in [-0.3, -0.25) is 14.4 Å². The number of nitrogens with one attached hydrogen (secondary N) is 1. The highest BCUT2D eigenvalue weighted by atomic mass is 16.2. The van der Waals surface area contributed by atoms with Crippen LogP contribution in [-0.2, 0) is 17.9 Å². The standard InChI is InChI=1S/C23H27N5O3/c1-14(2)11-26-12-17-21(23(26)31)27(13-19(29)24-15(3)4)20-10-18(25-28(20)22(17)30)16-8-6-5-7-9-16/h5-10,14-15H,11-13H2,1-4H3,(H,24,29). The summed E-state index contributed by atoms with van der Waals surface area (Å²) in [6.45, 7) is 8.52. The summed E-state index contributed by atoms with van der Waals surface area (Å²) in [6.07, 6.45) is 0. The summed E-state index contributed by atoms with van der Waals surface area (Å²) in [5, 5.41) is 7.39. The second kappa shape index (κ2) is 8.02. The molecule has 0 spiro atoms. The van der Waals surface area contributed by atoms with E-state index in [0.29, 0.717) is 23.4 Å². The van der Waals surface area contributed by atoms with E-state index in [-0.39, 0.29) is 48.1 Å². The maximum absolute atomic E-state index is 13.3. The predicted octanol–water partition coefficient (Wildman–Crippen LogP) is 2.30. The number of aromatic nitrogens is 3. The monoisotopic (exact) mass is 421 g/mol. The molecule has 0 aliphatic carbocycles. The number of benzene rings is 1. The molecule has 0 bridgehead atoms. The van der Waals surface area contributed by atoms with Gasteiger partial charge in [0.15, 0.2) is 0 Å². The van der Waals surface area contributed by atoms with Crippen LogP contribution in [-0.4, -0.2) is 43.5 Å². The second-order valence-electron chi connectivity index (χ2n) is 8.69. The van der Waals surface area contributed by atoms with Crippen LogP contribution in [0.4, 0.5) is 0 Å². The zero-order chi connectivity index (χ0) is 22.3. The van der Waals surface area contributed by atoms with Crippen LogP contribution in [0, 0.1) is 5.92 Å². The zero-order valence-electron chi connectivity index (χ0n) is 18.3. The van der Waals surface area contributed by atoms with E-state index < -0.39 is 0 Å². The summed E-state index contributed by atoms with van der Waals surface area (Å²) in [4.78, 5) is 40.8. The minimum Gasteiger partial charge on any atom is -0.352 e. The molecule has 4 rings (SSSR count). The van der Waals surface area contributed by atoms with Crippen LogP contribution in [0.3, 0.4) is 0 Å². The minimum atomic E-state index is -0.313. The molecule has 2 aromatic heterocycles. The first kappa shape index (κ1) is 20.8. The molecule has 162 valence electrons. The molecule has 3 heterocycles. The van der Waals surface area contributed by atoms with E-state index in [2.05, 4.69) is 10.4 Å². The smallest absolute Gasteiger partial charge is 0.280 e. The molecular formula is C23H27N5O3. The van der Waals surface area contributed by atoms with Crippen molar-refractivity contribution in [2.75, 3.05) is 6.54 Å². The highest BCUT2D eigenvalue weighted by Crippen LogP contribution is 2.25. The van der Waals surface area contributed by atoms with Gasteiger partial charge in [-0.2, -0.15) is 9.61 Å². The number of rotatable bonds is 6. The fraction of sp³-hybridized carbons (Fsp3) is 0.391. The third-order valence-electron chi connectivity index (χ3n) is 5.22. The summed E-state index contributed by atoms with van der Waals surface area (Å²) in [7, 11) is 0. The van der Waals surface area contributed by atoms with Crippen LogP contribution in [0.2, 0.25) is 0 Å². The Balaban J connectivity index is 1.90. The highest BCUT2D eigenvalue weighted by molar-refractivity contribution is 5.98. The van der Waals surface area contributed by atoms with E-state index in [4.69, 9.17) is 0 Å². The van der Waals surface area contributed by atoms with Gasteiger partial charge < -0.3 is 14.8 Å². The van der Waals surface area contributed by atoms with Gasteiger partial charge >= 0.3 is 0 Å². The molecule has 8 nitrogen and oxygen atoms in total. The number of nitrogens with zero attached hydrogens (tertiary/aromatic N) is 4. The SMILES string of the molecule is CC(C)CN1Cc2c(n(CC(=O)NC(C)C)c3cc(-c4ccccc4)nn3c2=O)C1=O. The highest BCUT2D eigenvalue weighted by Gasteiger charge is 2.35. The van der Waals surface area contributed by atoms with E-state index in [0.717, 1.165) is 5.56 Å². The largest absolute Gasteiger partial charge is 0.352 e. The molecule has 1 aromatic carbocycles.